The summed E-state index contributed by atoms with van der Waals surface area (Å²) in [6.45, 7) is 8.85. The quantitative estimate of drug-likeness (QED) is 0.733. The molecule has 0 radical (unpaired) electrons. The average Bonchev–Trinajstić information content (AvgIpc) is 3.16. The highest BCUT2D eigenvalue weighted by Crippen LogP contribution is 2.18. The summed E-state index contributed by atoms with van der Waals surface area (Å²) in [5, 5.41) is 8.66. The van der Waals surface area contributed by atoms with Gasteiger partial charge in [-0.05, 0) is 26.0 Å². The molecule has 0 amide bonds. The first-order valence-electron chi connectivity index (χ1n) is 7.90. The third-order valence-corrected chi connectivity index (χ3v) is 4.50. The zero-order chi connectivity index (χ0) is 15.8. The van der Waals surface area contributed by atoms with Gasteiger partial charge < -0.3 is 9.42 Å². The second-order valence-corrected chi connectivity index (χ2v) is 5.99. The number of anilines is 1. The molecule has 1 aliphatic heterocycles. The van der Waals surface area contributed by atoms with Crippen LogP contribution in [-0.4, -0.2) is 50.8 Å². The van der Waals surface area contributed by atoms with E-state index in [0.717, 1.165) is 55.6 Å². The Hall–Kier alpha value is -2.41. The predicted molar refractivity (Wildman–Crippen MR) is 86.5 cm³/mol. The largest absolute Gasteiger partial charge is 0.361 e. The lowest BCUT2D eigenvalue weighted by Gasteiger charge is -2.35. The van der Waals surface area contributed by atoms with E-state index in [0.29, 0.717) is 0 Å². The Bertz CT molecular complexity index is 795. The second-order valence-electron chi connectivity index (χ2n) is 5.99. The molecule has 0 saturated carbocycles. The molecule has 7 nitrogen and oxygen atoms in total. The smallest absolute Gasteiger partial charge is 0.153 e. The summed E-state index contributed by atoms with van der Waals surface area (Å²) in [4.78, 5) is 9.00. The molecule has 0 aliphatic carbocycles. The van der Waals surface area contributed by atoms with Crippen LogP contribution in [0.3, 0.4) is 0 Å². The Morgan fingerprint density at radius 2 is 1.96 bits per heavy atom. The molecule has 3 aromatic rings. The van der Waals surface area contributed by atoms with Crippen LogP contribution < -0.4 is 4.90 Å². The van der Waals surface area contributed by atoms with Gasteiger partial charge in [-0.15, -0.1) is 5.10 Å². The first-order chi connectivity index (χ1) is 11.2. The standard InChI is InChI=1S/C16H20N6O/c1-12-14(13(2)23-19-12)11-20-7-9-21(10-8-20)16-4-3-15-17-5-6-22(15)18-16/h3-6H,7-11H2,1-2H3. The van der Waals surface area contributed by atoms with E-state index in [-0.39, 0.29) is 0 Å². The van der Waals surface area contributed by atoms with Crippen LogP contribution >= 0.6 is 0 Å². The third-order valence-electron chi connectivity index (χ3n) is 4.50. The maximum Gasteiger partial charge on any atom is 0.153 e. The Morgan fingerprint density at radius 3 is 2.70 bits per heavy atom. The highest BCUT2D eigenvalue weighted by atomic mass is 16.5. The van der Waals surface area contributed by atoms with Crippen LogP contribution in [-0.2, 0) is 6.54 Å². The molecule has 1 aliphatic rings. The van der Waals surface area contributed by atoms with Crippen LogP contribution in [0.2, 0.25) is 0 Å². The van der Waals surface area contributed by atoms with E-state index >= 15 is 0 Å². The molecule has 0 aromatic carbocycles. The number of rotatable bonds is 3. The van der Waals surface area contributed by atoms with E-state index in [1.807, 2.05) is 36.7 Å². The molecule has 0 unspecified atom stereocenters. The van der Waals surface area contributed by atoms with Crippen LogP contribution in [0.4, 0.5) is 5.82 Å². The first kappa shape index (κ1) is 14.2. The lowest BCUT2D eigenvalue weighted by Crippen LogP contribution is -2.46. The van der Waals surface area contributed by atoms with Crippen molar-refractivity contribution in [3.8, 4) is 0 Å². The average molecular weight is 312 g/mol. The van der Waals surface area contributed by atoms with E-state index in [9.17, 15) is 0 Å². The summed E-state index contributed by atoms with van der Waals surface area (Å²) in [5.41, 5.74) is 3.10. The summed E-state index contributed by atoms with van der Waals surface area (Å²) in [7, 11) is 0. The Kier molecular flexibility index (Phi) is 3.49. The zero-order valence-electron chi connectivity index (χ0n) is 13.4. The number of fused-ring (bicyclic) bond motifs is 1. The number of nitrogens with zero attached hydrogens (tertiary/aromatic N) is 6. The fraction of sp³-hybridized carbons (Fsp3) is 0.438. The minimum Gasteiger partial charge on any atom is -0.361 e. The van der Waals surface area contributed by atoms with Crippen LogP contribution in [0, 0.1) is 13.8 Å². The van der Waals surface area contributed by atoms with Gasteiger partial charge in [0.1, 0.15) is 11.6 Å². The first-order valence-corrected chi connectivity index (χ1v) is 7.90. The number of aryl methyl sites for hydroxylation is 2. The topological polar surface area (TPSA) is 62.7 Å². The van der Waals surface area contributed by atoms with Gasteiger partial charge in [0, 0.05) is 50.7 Å². The maximum atomic E-state index is 5.25. The summed E-state index contributed by atoms with van der Waals surface area (Å²) >= 11 is 0. The molecule has 1 fully saturated rings. The van der Waals surface area contributed by atoms with Crippen LogP contribution in [0.15, 0.2) is 29.0 Å². The summed E-state index contributed by atoms with van der Waals surface area (Å²) in [6, 6.07) is 4.06. The summed E-state index contributed by atoms with van der Waals surface area (Å²) < 4.78 is 7.08. The fourth-order valence-electron chi connectivity index (χ4n) is 3.06. The second kappa shape index (κ2) is 5.66. The molecular weight excluding hydrogens is 292 g/mol. The van der Waals surface area contributed by atoms with Crippen molar-refractivity contribution in [3.63, 3.8) is 0 Å². The number of hydrogen-bond acceptors (Lipinski definition) is 6. The van der Waals surface area contributed by atoms with E-state index in [1.165, 1.54) is 5.56 Å². The number of aromatic nitrogens is 4. The van der Waals surface area contributed by atoms with Gasteiger partial charge in [0.05, 0.1) is 5.69 Å². The van der Waals surface area contributed by atoms with Crippen LogP contribution in [0.25, 0.3) is 5.65 Å². The van der Waals surface area contributed by atoms with Gasteiger partial charge in [0.25, 0.3) is 0 Å². The van der Waals surface area contributed by atoms with Crippen molar-refractivity contribution in [2.24, 2.45) is 0 Å². The molecule has 4 rings (SSSR count). The van der Waals surface area contributed by atoms with Gasteiger partial charge in [-0.3, -0.25) is 4.90 Å². The van der Waals surface area contributed by atoms with E-state index in [4.69, 9.17) is 4.52 Å². The van der Waals surface area contributed by atoms with Crippen LogP contribution in [0.1, 0.15) is 17.0 Å². The Labute approximate surface area is 134 Å². The lowest BCUT2D eigenvalue weighted by atomic mass is 10.2. The van der Waals surface area contributed by atoms with Gasteiger partial charge >= 0.3 is 0 Å². The van der Waals surface area contributed by atoms with Crippen LogP contribution in [0.5, 0.6) is 0 Å². The van der Waals surface area contributed by atoms with Crippen molar-refractivity contribution < 1.29 is 4.52 Å². The molecule has 1 saturated heterocycles. The molecule has 0 atom stereocenters. The van der Waals surface area contributed by atoms with Crippen molar-refractivity contribution >= 4 is 11.5 Å². The SMILES string of the molecule is Cc1noc(C)c1CN1CCN(c2ccc3nccn3n2)CC1. The number of hydrogen-bond donors (Lipinski definition) is 0. The van der Waals surface area contributed by atoms with Gasteiger partial charge in [0.2, 0.25) is 0 Å². The molecule has 0 bridgehead atoms. The normalized spacial score (nSPS) is 16.3. The third kappa shape index (κ3) is 2.68. The maximum absolute atomic E-state index is 5.25. The van der Waals surface area contributed by atoms with E-state index in [2.05, 4.69) is 25.0 Å². The zero-order valence-corrected chi connectivity index (χ0v) is 13.4. The molecule has 7 heteroatoms. The fourth-order valence-corrected chi connectivity index (χ4v) is 3.06. The highest BCUT2D eigenvalue weighted by Gasteiger charge is 2.21. The molecular formula is C16H20N6O. The van der Waals surface area contributed by atoms with E-state index < -0.39 is 0 Å². The summed E-state index contributed by atoms with van der Waals surface area (Å²) in [5.74, 6) is 1.93. The highest BCUT2D eigenvalue weighted by molar-refractivity contribution is 5.46. The molecule has 0 N–H and O–H groups in total. The van der Waals surface area contributed by atoms with Gasteiger partial charge in [-0.1, -0.05) is 5.16 Å². The van der Waals surface area contributed by atoms with Gasteiger partial charge in [-0.2, -0.15) is 0 Å². The Morgan fingerprint density at radius 1 is 1.13 bits per heavy atom. The monoisotopic (exact) mass is 312 g/mol. The molecule has 3 aromatic heterocycles. The molecule has 120 valence electrons. The van der Waals surface area contributed by atoms with Crippen molar-refractivity contribution in [3.05, 3.63) is 41.5 Å². The Balaban J connectivity index is 1.42. The predicted octanol–water partition coefficient (Wildman–Crippen LogP) is 1.66. The lowest BCUT2D eigenvalue weighted by molar-refractivity contribution is 0.247. The minimum atomic E-state index is 0.880. The molecule has 0 spiro atoms. The minimum absolute atomic E-state index is 0.880. The molecule has 23 heavy (non-hydrogen) atoms. The van der Waals surface area contributed by atoms with Gasteiger partial charge in [0.15, 0.2) is 5.65 Å². The van der Waals surface area contributed by atoms with E-state index in [1.54, 1.807) is 6.20 Å². The van der Waals surface area contributed by atoms with Crippen molar-refractivity contribution in [2.75, 3.05) is 31.1 Å². The van der Waals surface area contributed by atoms with Crippen molar-refractivity contribution in [1.82, 2.24) is 24.7 Å². The van der Waals surface area contributed by atoms with Crippen molar-refractivity contribution in [2.45, 2.75) is 20.4 Å². The summed E-state index contributed by atoms with van der Waals surface area (Å²) in [6.07, 6.45) is 3.65. The molecule has 4 heterocycles. The number of piperazine rings is 1. The van der Waals surface area contributed by atoms with Gasteiger partial charge in [-0.25, -0.2) is 9.50 Å². The number of imidazole rings is 1. The van der Waals surface area contributed by atoms with Crippen molar-refractivity contribution in [1.29, 1.82) is 0 Å².